The molecule has 1 aromatic heterocycles. The van der Waals surface area contributed by atoms with Gasteiger partial charge < -0.3 is 19.7 Å². The maximum Gasteiger partial charge on any atom is 0.229 e. The van der Waals surface area contributed by atoms with E-state index in [1.54, 1.807) is 20.3 Å². The first-order valence-corrected chi connectivity index (χ1v) is 7.86. The molecule has 1 fully saturated rings. The van der Waals surface area contributed by atoms with Crippen molar-refractivity contribution in [1.29, 1.82) is 0 Å². The van der Waals surface area contributed by atoms with E-state index < -0.39 is 0 Å². The highest BCUT2D eigenvalue weighted by atomic mass is 16.5. The lowest BCUT2D eigenvalue weighted by Crippen LogP contribution is -2.46. The number of piperidine rings is 1. The second-order valence-corrected chi connectivity index (χ2v) is 6.74. The van der Waals surface area contributed by atoms with Crippen LogP contribution in [-0.2, 0) is 4.79 Å². The van der Waals surface area contributed by atoms with Crippen molar-refractivity contribution in [2.24, 2.45) is 5.41 Å². The summed E-state index contributed by atoms with van der Waals surface area (Å²) in [5.74, 6) is 1.61. The van der Waals surface area contributed by atoms with Crippen LogP contribution in [0.2, 0.25) is 0 Å². The maximum atomic E-state index is 12.3. The van der Waals surface area contributed by atoms with Crippen LogP contribution in [0.4, 0.5) is 5.95 Å². The van der Waals surface area contributed by atoms with E-state index >= 15 is 0 Å². The summed E-state index contributed by atoms with van der Waals surface area (Å²) in [6.45, 7) is 7.35. The number of hydrogen-bond acceptors (Lipinski definition) is 6. The Kier molecular flexibility index (Phi) is 5.28. The Morgan fingerprint density at radius 3 is 2.13 bits per heavy atom. The molecule has 1 aliphatic rings. The zero-order valence-electron chi connectivity index (χ0n) is 14.5. The average molecular weight is 322 g/mol. The lowest BCUT2D eigenvalue weighted by Gasteiger charge is -2.36. The van der Waals surface area contributed by atoms with Gasteiger partial charge >= 0.3 is 0 Å². The number of anilines is 1. The van der Waals surface area contributed by atoms with Crippen LogP contribution in [0.5, 0.6) is 11.8 Å². The summed E-state index contributed by atoms with van der Waals surface area (Å²) in [7, 11) is 3.12. The fourth-order valence-electron chi connectivity index (χ4n) is 2.56. The van der Waals surface area contributed by atoms with Crippen LogP contribution in [0.3, 0.4) is 0 Å². The lowest BCUT2D eigenvalue weighted by atomic mass is 9.93. The molecule has 0 bridgehead atoms. The Bertz CT molecular complexity index is 526. The Hall–Kier alpha value is -2.05. The lowest BCUT2D eigenvalue weighted by molar-refractivity contribution is -0.140. The zero-order chi connectivity index (χ0) is 17.0. The van der Waals surface area contributed by atoms with Gasteiger partial charge in [-0.1, -0.05) is 20.8 Å². The molecule has 0 spiro atoms. The molecule has 23 heavy (non-hydrogen) atoms. The van der Waals surface area contributed by atoms with E-state index in [9.17, 15) is 4.79 Å². The molecule has 0 unspecified atom stereocenters. The van der Waals surface area contributed by atoms with Crippen LogP contribution in [0.25, 0.3) is 0 Å². The molecule has 0 aromatic carbocycles. The van der Waals surface area contributed by atoms with E-state index in [0.29, 0.717) is 17.7 Å². The quantitative estimate of drug-likeness (QED) is 0.913. The number of nitrogens with zero attached hydrogens (tertiary/aromatic N) is 3. The minimum atomic E-state index is -0.330. The second-order valence-electron chi connectivity index (χ2n) is 6.74. The van der Waals surface area contributed by atoms with Crippen LogP contribution < -0.4 is 14.8 Å². The highest BCUT2D eigenvalue weighted by molar-refractivity contribution is 5.81. The molecule has 2 heterocycles. The average Bonchev–Trinajstić information content (AvgIpc) is 2.53. The molecule has 7 heteroatoms. The predicted molar refractivity (Wildman–Crippen MR) is 87.8 cm³/mol. The molecular weight excluding hydrogens is 296 g/mol. The van der Waals surface area contributed by atoms with Gasteiger partial charge in [-0.25, -0.2) is 0 Å². The molecule has 0 radical (unpaired) electrons. The Labute approximate surface area is 137 Å². The Morgan fingerprint density at radius 1 is 1.17 bits per heavy atom. The van der Waals surface area contributed by atoms with Gasteiger partial charge in [-0.2, -0.15) is 9.97 Å². The molecule has 0 atom stereocenters. The first-order chi connectivity index (χ1) is 10.8. The van der Waals surface area contributed by atoms with Crippen molar-refractivity contribution < 1.29 is 14.3 Å². The van der Waals surface area contributed by atoms with Gasteiger partial charge in [0.05, 0.1) is 20.3 Å². The number of carbonyl (C=O) groups is 1. The normalized spacial score (nSPS) is 16.1. The highest BCUT2D eigenvalue weighted by Gasteiger charge is 2.30. The van der Waals surface area contributed by atoms with Gasteiger partial charge in [0, 0.05) is 24.5 Å². The number of aromatic nitrogens is 2. The number of ether oxygens (including phenoxy) is 2. The molecule has 0 aliphatic carbocycles. The third-order valence-electron chi connectivity index (χ3n) is 3.85. The number of likely N-dealkylation sites (tertiary alicyclic amines) is 1. The standard InChI is InChI=1S/C16H26N4O3/c1-16(2,3)14(21)20-8-6-11(7-9-20)17-15-18-12(22-4)10-13(19-15)23-5/h10-11H,6-9H2,1-5H3,(H,17,18,19). The van der Waals surface area contributed by atoms with Gasteiger partial charge in [-0.15, -0.1) is 0 Å². The summed E-state index contributed by atoms with van der Waals surface area (Å²) < 4.78 is 10.3. The van der Waals surface area contributed by atoms with E-state index in [0.717, 1.165) is 25.9 Å². The summed E-state index contributed by atoms with van der Waals surface area (Å²) in [6.07, 6.45) is 1.73. The van der Waals surface area contributed by atoms with Crippen molar-refractivity contribution in [1.82, 2.24) is 14.9 Å². The number of amides is 1. The van der Waals surface area contributed by atoms with Crippen LogP contribution >= 0.6 is 0 Å². The first-order valence-electron chi connectivity index (χ1n) is 7.86. The smallest absolute Gasteiger partial charge is 0.229 e. The molecule has 1 amide bonds. The summed E-state index contributed by atoms with van der Waals surface area (Å²) in [6, 6.07) is 1.87. The molecule has 1 saturated heterocycles. The number of rotatable bonds is 4. The molecule has 1 aliphatic heterocycles. The van der Waals surface area contributed by atoms with Crippen LogP contribution in [0, 0.1) is 5.41 Å². The van der Waals surface area contributed by atoms with Crippen LogP contribution in [0.15, 0.2) is 6.07 Å². The monoisotopic (exact) mass is 322 g/mol. The van der Waals surface area contributed by atoms with Gasteiger partial charge in [0.1, 0.15) is 0 Å². The zero-order valence-corrected chi connectivity index (χ0v) is 14.5. The maximum absolute atomic E-state index is 12.3. The summed E-state index contributed by atoms with van der Waals surface area (Å²) in [4.78, 5) is 22.8. The molecule has 1 aromatic rings. The van der Waals surface area contributed by atoms with Gasteiger partial charge in [0.2, 0.25) is 23.6 Å². The number of carbonyl (C=O) groups excluding carboxylic acids is 1. The first kappa shape index (κ1) is 17.3. The van der Waals surface area contributed by atoms with Gasteiger partial charge in [-0.05, 0) is 12.8 Å². The SMILES string of the molecule is COc1cc(OC)nc(NC2CCN(C(=O)C(C)(C)C)CC2)n1. The molecule has 2 rings (SSSR count). The largest absolute Gasteiger partial charge is 0.481 e. The predicted octanol–water partition coefficient (Wildman–Crippen LogP) is 1.94. The molecular formula is C16H26N4O3. The molecule has 128 valence electrons. The van der Waals surface area contributed by atoms with Crippen molar-refractivity contribution in [3.05, 3.63) is 6.07 Å². The van der Waals surface area contributed by atoms with Crippen LogP contribution in [-0.4, -0.2) is 54.1 Å². The van der Waals surface area contributed by atoms with E-state index in [1.807, 2.05) is 25.7 Å². The van der Waals surface area contributed by atoms with Crippen molar-refractivity contribution >= 4 is 11.9 Å². The third-order valence-corrected chi connectivity index (χ3v) is 3.85. The minimum Gasteiger partial charge on any atom is -0.481 e. The fraction of sp³-hybridized carbons (Fsp3) is 0.688. The highest BCUT2D eigenvalue weighted by Crippen LogP contribution is 2.23. The second kappa shape index (κ2) is 7.02. The number of methoxy groups -OCH3 is 2. The summed E-state index contributed by atoms with van der Waals surface area (Å²) >= 11 is 0. The minimum absolute atomic E-state index is 0.204. The summed E-state index contributed by atoms with van der Waals surface area (Å²) in [5, 5.41) is 3.31. The van der Waals surface area contributed by atoms with Gasteiger partial charge in [-0.3, -0.25) is 4.79 Å². The number of hydrogen-bond donors (Lipinski definition) is 1. The van der Waals surface area contributed by atoms with Crippen molar-refractivity contribution in [2.75, 3.05) is 32.6 Å². The Balaban J connectivity index is 1.95. The third kappa shape index (κ3) is 4.46. The van der Waals surface area contributed by atoms with E-state index in [4.69, 9.17) is 9.47 Å². The van der Waals surface area contributed by atoms with Crippen molar-refractivity contribution in [3.63, 3.8) is 0 Å². The molecule has 7 nitrogen and oxygen atoms in total. The Morgan fingerprint density at radius 2 is 1.70 bits per heavy atom. The van der Waals surface area contributed by atoms with E-state index in [-0.39, 0.29) is 17.4 Å². The van der Waals surface area contributed by atoms with Crippen molar-refractivity contribution in [2.45, 2.75) is 39.7 Å². The molecule has 1 N–H and O–H groups in total. The topological polar surface area (TPSA) is 76.6 Å². The van der Waals surface area contributed by atoms with Crippen LogP contribution in [0.1, 0.15) is 33.6 Å². The fourth-order valence-corrected chi connectivity index (χ4v) is 2.56. The van der Waals surface area contributed by atoms with E-state index in [2.05, 4.69) is 15.3 Å². The number of nitrogens with one attached hydrogen (secondary N) is 1. The van der Waals surface area contributed by atoms with Gasteiger partial charge in [0.15, 0.2) is 0 Å². The van der Waals surface area contributed by atoms with E-state index in [1.165, 1.54) is 0 Å². The molecule has 0 saturated carbocycles. The van der Waals surface area contributed by atoms with Crippen molar-refractivity contribution in [3.8, 4) is 11.8 Å². The summed E-state index contributed by atoms with van der Waals surface area (Å²) in [5.41, 5.74) is -0.330. The van der Waals surface area contributed by atoms with Gasteiger partial charge in [0.25, 0.3) is 0 Å².